The standard InChI is InChI=1S/C27H23N3O3/c1-29-22-15-9-8-14-20(22)24(25(29)19-12-6-3-7-13-19)23(31)17-30-26(32)21(28-27(30)33)16-18-10-4-2-5-11-18/h2-15,21H,16-17H2,1H3,(H,28,33)/t21-/m1/s1. The van der Waals surface area contributed by atoms with Crippen LogP contribution in [0.4, 0.5) is 4.79 Å². The van der Waals surface area contributed by atoms with Crippen molar-refractivity contribution in [3.05, 3.63) is 96.1 Å². The van der Waals surface area contributed by atoms with Crippen LogP contribution < -0.4 is 5.32 Å². The van der Waals surface area contributed by atoms with E-state index >= 15 is 0 Å². The molecule has 164 valence electrons. The first-order valence-corrected chi connectivity index (χ1v) is 10.9. The molecule has 1 atom stereocenters. The summed E-state index contributed by atoms with van der Waals surface area (Å²) < 4.78 is 1.99. The number of amides is 3. The van der Waals surface area contributed by atoms with Crippen molar-refractivity contribution in [2.45, 2.75) is 12.5 Å². The molecule has 3 amide bonds. The molecule has 5 rings (SSSR count). The lowest BCUT2D eigenvalue weighted by molar-refractivity contribution is -0.127. The number of carbonyl (C=O) groups excluding carboxylic acids is 3. The lowest BCUT2D eigenvalue weighted by Crippen LogP contribution is -2.36. The molecule has 1 aliphatic heterocycles. The van der Waals surface area contributed by atoms with Gasteiger partial charge < -0.3 is 9.88 Å². The van der Waals surface area contributed by atoms with Gasteiger partial charge in [-0.15, -0.1) is 0 Å². The average molecular weight is 437 g/mol. The van der Waals surface area contributed by atoms with Crippen molar-refractivity contribution in [3.8, 4) is 11.3 Å². The summed E-state index contributed by atoms with van der Waals surface area (Å²) >= 11 is 0. The number of imide groups is 1. The Bertz CT molecular complexity index is 1360. The number of hydrogen-bond acceptors (Lipinski definition) is 3. The van der Waals surface area contributed by atoms with Gasteiger partial charge in [-0.2, -0.15) is 0 Å². The molecule has 2 heterocycles. The van der Waals surface area contributed by atoms with E-state index in [9.17, 15) is 14.4 Å². The van der Waals surface area contributed by atoms with E-state index in [1.165, 1.54) is 0 Å². The van der Waals surface area contributed by atoms with E-state index in [2.05, 4.69) is 5.32 Å². The number of urea groups is 1. The van der Waals surface area contributed by atoms with Crippen molar-refractivity contribution >= 4 is 28.6 Å². The predicted molar refractivity (Wildman–Crippen MR) is 127 cm³/mol. The lowest BCUT2D eigenvalue weighted by atomic mass is 10.0. The van der Waals surface area contributed by atoms with Gasteiger partial charge in [0.05, 0.1) is 17.8 Å². The smallest absolute Gasteiger partial charge is 0.325 e. The predicted octanol–water partition coefficient (Wildman–Crippen LogP) is 4.19. The Morgan fingerprint density at radius 1 is 0.879 bits per heavy atom. The van der Waals surface area contributed by atoms with E-state index in [0.717, 1.165) is 32.6 Å². The SMILES string of the molecule is Cn1c(-c2ccccc2)c(C(=O)CN2C(=O)N[C@H](Cc3ccccc3)C2=O)c2ccccc21. The zero-order valence-corrected chi connectivity index (χ0v) is 18.2. The number of Topliss-reactive ketones (excluding diaryl/α,β-unsaturated/α-hetero) is 1. The van der Waals surface area contributed by atoms with Crippen LogP contribution in [0.15, 0.2) is 84.9 Å². The maximum absolute atomic E-state index is 13.6. The molecule has 0 saturated carbocycles. The molecule has 3 aromatic carbocycles. The second-order valence-electron chi connectivity index (χ2n) is 8.21. The van der Waals surface area contributed by atoms with Crippen LogP contribution in [0.2, 0.25) is 0 Å². The fraction of sp³-hybridized carbons (Fsp3) is 0.148. The van der Waals surface area contributed by atoms with Crippen LogP contribution in [0.5, 0.6) is 0 Å². The van der Waals surface area contributed by atoms with Gasteiger partial charge in [0, 0.05) is 24.4 Å². The van der Waals surface area contributed by atoms with Crippen LogP contribution in [-0.4, -0.2) is 39.8 Å². The average Bonchev–Trinajstić information content (AvgIpc) is 3.28. The summed E-state index contributed by atoms with van der Waals surface area (Å²) in [6.07, 6.45) is 0.389. The number of aryl methyl sites for hydroxylation is 1. The Hall–Kier alpha value is -4.19. The summed E-state index contributed by atoms with van der Waals surface area (Å²) in [6.45, 7) is -0.302. The molecule has 0 spiro atoms. The number of benzene rings is 3. The molecular weight excluding hydrogens is 414 g/mol. The number of nitrogens with one attached hydrogen (secondary N) is 1. The fourth-order valence-electron chi connectivity index (χ4n) is 4.55. The van der Waals surface area contributed by atoms with Crippen molar-refractivity contribution in [2.24, 2.45) is 7.05 Å². The van der Waals surface area contributed by atoms with Crippen molar-refractivity contribution in [1.82, 2.24) is 14.8 Å². The minimum atomic E-state index is -0.672. The number of hydrogen-bond donors (Lipinski definition) is 1. The van der Waals surface area contributed by atoms with Crippen LogP contribution >= 0.6 is 0 Å². The fourth-order valence-corrected chi connectivity index (χ4v) is 4.55. The monoisotopic (exact) mass is 437 g/mol. The third-order valence-corrected chi connectivity index (χ3v) is 6.12. The normalized spacial score (nSPS) is 15.8. The van der Waals surface area contributed by atoms with Gasteiger partial charge in [-0.05, 0) is 17.2 Å². The highest BCUT2D eigenvalue weighted by Crippen LogP contribution is 2.33. The number of para-hydroxylation sites is 1. The number of rotatable bonds is 6. The Morgan fingerprint density at radius 3 is 2.24 bits per heavy atom. The summed E-state index contributed by atoms with van der Waals surface area (Å²) in [4.78, 5) is 40.2. The number of nitrogens with zero attached hydrogens (tertiary/aromatic N) is 2. The highest BCUT2D eigenvalue weighted by Gasteiger charge is 2.39. The van der Waals surface area contributed by atoms with Crippen molar-refractivity contribution < 1.29 is 14.4 Å². The lowest BCUT2D eigenvalue weighted by Gasteiger charge is -2.14. The minimum absolute atomic E-state index is 0.269. The maximum atomic E-state index is 13.6. The molecule has 1 aliphatic rings. The van der Waals surface area contributed by atoms with Crippen LogP contribution in [0, 0.1) is 0 Å². The number of carbonyl (C=O) groups is 3. The Kier molecular flexibility index (Phi) is 5.26. The van der Waals surface area contributed by atoms with Crippen molar-refractivity contribution in [1.29, 1.82) is 0 Å². The third kappa shape index (κ3) is 3.69. The zero-order valence-electron chi connectivity index (χ0n) is 18.2. The zero-order chi connectivity index (χ0) is 22.9. The summed E-state index contributed by atoms with van der Waals surface area (Å²) in [6, 6.07) is 25.7. The van der Waals surface area contributed by atoms with Gasteiger partial charge in [-0.25, -0.2) is 4.79 Å². The van der Waals surface area contributed by atoms with E-state index in [-0.39, 0.29) is 18.2 Å². The number of ketones is 1. The molecule has 0 bridgehead atoms. The first-order chi connectivity index (χ1) is 16.0. The molecule has 6 nitrogen and oxygen atoms in total. The summed E-state index contributed by atoms with van der Waals surface area (Å²) in [7, 11) is 1.92. The molecule has 1 saturated heterocycles. The van der Waals surface area contributed by atoms with Crippen LogP contribution in [0.3, 0.4) is 0 Å². The Morgan fingerprint density at radius 2 is 1.52 bits per heavy atom. The molecule has 4 aromatic rings. The molecule has 0 unspecified atom stereocenters. The van der Waals surface area contributed by atoms with Gasteiger partial charge in [-0.3, -0.25) is 14.5 Å². The summed E-state index contributed by atoms with van der Waals surface area (Å²) in [5.74, 6) is -0.645. The third-order valence-electron chi connectivity index (χ3n) is 6.12. The first-order valence-electron chi connectivity index (χ1n) is 10.9. The summed E-state index contributed by atoms with van der Waals surface area (Å²) in [5, 5.41) is 3.53. The largest absolute Gasteiger partial charge is 0.343 e. The molecule has 1 N–H and O–H groups in total. The first kappa shape index (κ1) is 20.7. The molecule has 1 aromatic heterocycles. The van der Waals surface area contributed by atoms with Gasteiger partial charge in [0.25, 0.3) is 5.91 Å². The van der Waals surface area contributed by atoms with E-state index < -0.39 is 12.1 Å². The number of fused-ring (bicyclic) bond motifs is 1. The van der Waals surface area contributed by atoms with Gasteiger partial charge >= 0.3 is 6.03 Å². The van der Waals surface area contributed by atoms with Gasteiger partial charge in [0.2, 0.25) is 0 Å². The van der Waals surface area contributed by atoms with Gasteiger partial charge in [0.1, 0.15) is 6.04 Å². The molecular formula is C27H23N3O3. The quantitative estimate of drug-likeness (QED) is 0.363. The maximum Gasteiger partial charge on any atom is 0.325 e. The van der Waals surface area contributed by atoms with Crippen LogP contribution in [-0.2, 0) is 18.3 Å². The molecule has 0 aliphatic carbocycles. The highest BCUT2D eigenvalue weighted by atomic mass is 16.2. The number of aromatic nitrogens is 1. The molecule has 1 fully saturated rings. The molecule has 6 heteroatoms. The Balaban J connectivity index is 1.47. The van der Waals surface area contributed by atoms with E-state index in [1.807, 2.05) is 96.5 Å². The van der Waals surface area contributed by atoms with Crippen molar-refractivity contribution in [3.63, 3.8) is 0 Å². The van der Waals surface area contributed by atoms with E-state index in [0.29, 0.717) is 12.0 Å². The van der Waals surface area contributed by atoms with Crippen LogP contribution in [0.1, 0.15) is 15.9 Å². The van der Waals surface area contributed by atoms with Gasteiger partial charge in [0.15, 0.2) is 5.78 Å². The van der Waals surface area contributed by atoms with E-state index in [1.54, 1.807) is 0 Å². The second kappa shape index (κ2) is 8.39. The van der Waals surface area contributed by atoms with E-state index in [4.69, 9.17) is 0 Å². The topological polar surface area (TPSA) is 71.4 Å². The molecule has 33 heavy (non-hydrogen) atoms. The second-order valence-corrected chi connectivity index (χ2v) is 8.21. The summed E-state index contributed by atoms with van der Waals surface area (Å²) in [5.41, 5.74) is 4.06. The Labute approximate surface area is 191 Å². The van der Waals surface area contributed by atoms with Gasteiger partial charge in [-0.1, -0.05) is 78.9 Å². The highest BCUT2D eigenvalue weighted by molar-refractivity contribution is 6.17. The van der Waals surface area contributed by atoms with Crippen LogP contribution in [0.25, 0.3) is 22.2 Å². The van der Waals surface area contributed by atoms with Crippen molar-refractivity contribution in [2.75, 3.05) is 6.54 Å². The molecule has 0 radical (unpaired) electrons. The minimum Gasteiger partial charge on any atom is -0.343 e.